The highest BCUT2D eigenvalue weighted by Crippen LogP contribution is 2.22. The molecule has 0 saturated heterocycles. The zero-order valence-corrected chi connectivity index (χ0v) is 11.9. The zero-order chi connectivity index (χ0) is 13.5. The molecule has 1 heterocycles. The second-order valence-corrected chi connectivity index (χ2v) is 5.36. The van der Waals surface area contributed by atoms with Crippen LogP contribution in [0.5, 0.6) is 0 Å². The van der Waals surface area contributed by atoms with Crippen molar-refractivity contribution in [2.45, 2.75) is 19.3 Å². The number of aromatic nitrogens is 1. The quantitative estimate of drug-likeness (QED) is 0.789. The van der Waals surface area contributed by atoms with Crippen LogP contribution in [0.2, 0.25) is 0 Å². The summed E-state index contributed by atoms with van der Waals surface area (Å²) in [7, 11) is 1.90. The van der Waals surface area contributed by atoms with E-state index < -0.39 is 0 Å². The van der Waals surface area contributed by atoms with Gasteiger partial charge in [-0.25, -0.2) is 4.98 Å². The van der Waals surface area contributed by atoms with Crippen molar-refractivity contribution in [1.82, 2.24) is 10.3 Å². The molecule has 100 valence electrons. The van der Waals surface area contributed by atoms with Crippen molar-refractivity contribution in [1.29, 1.82) is 0 Å². The summed E-state index contributed by atoms with van der Waals surface area (Å²) in [6.07, 6.45) is 1.98. The van der Waals surface area contributed by atoms with Gasteiger partial charge in [0.1, 0.15) is 10.8 Å². The minimum atomic E-state index is 0.268. The van der Waals surface area contributed by atoms with Gasteiger partial charge in [0.25, 0.3) is 0 Å². The summed E-state index contributed by atoms with van der Waals surface area (Å²) < 4.78 is 0. The normalized spacial score (nSPS) is 10.6. The maximum Gasteiger partial charge on any atom is 0.139 e. The number of benzene rings is 1. The van der Waals surface area contributed by atoms with Crippen LogP contribution >= 0.6 is 11.3 Å². The Kier molecular flexibility index (Phi) is 5.24. The van der Waals surface area contributed by atoms with E-state index in [4.69, 9.17) is 0 Å². The van der Waals surface area contributed by atoms with Crippen molar-refractivity contribution in [3.63, 3.8) is 0 Å². The molecular weight excluding hydrogens is 256 g/mol. The van der Waals surface area contributed by atoms with Gasteiger partial charge >= 0.3 is 0 Å². The molecule has 0 bridgehead atoms. The van der Waals surface area contributed by atoms with Crippen molar-refractivity contribution < 1.29 is 4.79 Å². The highest BCUT2D eigenvalue weighted by molar-refractivity contribution is 7.10. The summed E-state index contributed by atoms with van der Waals surface area (Å²) in [5.74, 6) is 0.268. The van der Waals surface area contributed by atoms with E-state index in [0.717, 1.165) is 29.2 Å². The molecule has 0 amide bonds. The van der Waals surface area contributed by atoms with Gasteiger partial charge in [-0.3, -0.25) is 4.79 Å². The molecule has 0 unspecified atom stereocenters. The number of carbonyl (C=O) groups excluding carboxylic acids is 1. The van der Waals surface area contributed by atoms with Crippen molar-refractivity contribution in [3.8, 4) is 11.3 Å². The lowest BCUT2D eigenvalue weighted by Crippen LogP contribution is -2.11. The average Bonchev–Trinajstić information content (AvgIpc) is 2.88. The van der Waals surface area contributed by atoms with Crippen LogP contribution in [0.3, 0.4) is 0 Å². The molecule has 1 aromatic carbocycles. The number of thiazole rings is 1. The molecule has 0 aliphatic heterocycles. The molecule has 0 aliphatic carbocycles. The van der Waals surface area contributed by atoms with Crippen LogP contribution in [0.25, 0.3) is 11.3 Å². The molecule has 0 spiro atoms. The second-order valence-electron chi connectivity index (χ2n) is 4.42. The Morgan fingerprint density at radius 3 is 2.84 bits per heavy atom. The number of hydrogen-bond donors (Lipinski definition) is 1. The van der Waals surface area contributed by atoms with Crippen LogP contribution in [0, 0.1) is 0 Å². The van der Waals surface area contributed by atoms with Gasteiger partial charge in [0, 0.05) is 17.4 Å². The third kappa shape index (κ3) is 4.26. The van der Waals surface area contributed by atoms with Crippen molar-refractivity contribution in [3.05, 3.63) is 40.7 Å². The topological polar surface area (TPSA) is 42.0 Å². The number of Topliss-reactive ketones (excluding diaryl/α,β-unsaturated/α-hetero) is 1. The lowest BCUT2D eigenvalue weighted by atomic mass is 10.1. The predicted octanol–water partition coefficient (Wildman–Crippen LogP) is 2.92. The van der Waals surface area contributed by atoms with E-state index in [1.807, 2.05) is 42.8 Å². The number of carbonyl (C=O) groups is 1. The van der Waals surface area contributed by atoms with Gasteiger partial charge in [0.2, 0.25) is 0 Å². The Hall–Kier alpha value is -1.52. The van der Waals surface area contributed by atoms with E-state index in [1.54, 1.807) is 11.3 Å². The van der Waals surface area contributed by atoms with Gasteiger partial charge < -0.3 is 5.32 Å². The first-order chi connectivity index (χ1) is 9.29. The number of nitrogens with one attached hydrogen (secondary N) is 1. The monoisotopic (exact) mass is 274 g/mol. The van der Waals surface area contributed by atoms with Crippen LogP contribution in [-0.2, 0) is 11.2 Å². The van der Waals surface area contributed by atoms with Crippen LogP contribution in [-0.4, -0.2) is 24.4 Å². The Labute approximate surface area is 117 Å². The molecule has 1 N–H and O–H groups in total. The van der Waals surface area contributed by atoms with Crippen molar-refractivity contribution >= 4 is 17.1 Å². The Bertz CT molecular complexity index is 522. The maximum atomic E-state index is 11.8. The smallest absolute Gasteiger partial charge is 0.139 e. The molecule has 0 saturated carbocycles. The largest absolute Gasteiger partial charge is 0.320 e. The van der Waals surface area contributed by atoms with E-state index >= 15 is 0 Å². The molecular formula is C15H18N2OS. The van der Waals surface area contributed by atoms with Gasteiger partial charge in [0.15, 0.2) is 0 Å². The molecule has 2 aromatic rings. The predicted molar refractivity (Wildman–Crippen MR) is 79.4 cm³/mol. The fourth-order valence-corrected chi connectivity index (χ4v) is 2.68. The van der Waals surface area contributed by atoms with Crippen molar-refractivity contribution in [2.75, 3.05) is 13.6 Å². The van der Waals surface area contributed by atoms with Crippen LogP contribution in [0.1, 0.15) is 17.8 Å². The third-order valence-corrected chi connectivity index (χ3v) is 3.70. The zero-order valence-electron chi connectivity index (χ0n) is 11.1. The SMILES string of the molecule is CNCCCC(=O)Cc1nc(-c2ccccc2)cs1. The molecule has 0 aliphatic rings. The van der Waals surface area contributed by atoms with Crippen molar-refractivity contribution in [2.24, 2.45) is 0 Å². The highest BCUT2D eigenvalue weighted by atomic mass is 32.1. The molecule has 0 fully saturated rings. The van der Waals surface area contributed by atoms with Crippen LogP contribution in [0.15, 0.2) is 35.7 Å². The first-order valence-corrected chi connectivity index (χ1v) is 7.33. The molecule has 1 aromatic heterocycles. The van der Waals surface area contributed by atoms with E-state index in [1.165, 1.54) is 0 Å². The lowest BCUT2D eigenvalue weighted by molar-refractivity contribution is -0.118. The summed E-state index contributed by atoms with van der Waals surface area (Å²) >= 11 is 1.56. The minimum absolute atomic E-state index is 0.268. The summed E-state index contributed by atoms with van der Waals surface area (Å²) in [4.78, 5) is 16.3. The molecule has 0 radical (unpaired) electrons. The minimum Gasteiger partial charge on any atom is -0.320 e. The molecule has 3 nitrogen and oxygen atoms in total. The first kappa shape index (κ1) is 13.9. The molecule has 19 heavy (non-hydrogen) atoms. The van der Waals surface area contributed by atoms with Gasteiger partial charge in [-0.05, 0) is 20.0 Å². The Balaban J connectivity index is 1.93. The van der Waals surface area contributed by atoms with Gasteiger partial charge in [0.05, 0.1) is 12.1 Å². The highest BCUT2D eigenvalue weighted by Gasteiger charge is 2.08. The second kappa shape index (κ2) is 7.16. The fourth-order valence-electron chi connectivity index (χ4n) is 1.85. The van der Waals surface area contributed by atoms with E-state index in [0.29, 0.717) is 12.8 Å². The lowest BCUT2D eigenvalue weighted by Gasteiger charge is -1.98. The van der Waals surface area contributed by atoms with E-state index in [-0.39, 0.29) is 5.78 Å². The first-order valence-electron chi connectivity index (χ1n) is 6.45. The summed E-state index contributed by atoms with van der Waals surface area (Å²) in [6.45, 7) is 0.888. The Morgan fingerprint density at radius 1 is 1.32 bits per heavy atom. The van der Waals surface area contributed by atoms with Crippen LogP contribution < -0.4 is 5.32 Å². The summed E-state index contributed by atoms with van der Waals surface area (Å²) in [5.41, 5.74) is 2.07. The van der Waals surface area contributed by atoms with Gasteiger partial charge in [-0.2, -0.15) is 0 Å². The number of rotatable bonds is 7. The molecule has 4 heteroatoms. The standard InChI is InChI=1S/C15H18N2OS/c1-16-9-5-8-13(18)10-15-17-14(11-19-15)12-6-3-2-4-7-12/h2-4,6-7,11,16H,5,8-10H2,1H3. The van der Waals surface area contributed by atoms with E-state index in [9.17, 15) is 4.79 Å². The molecule has 0 atom stereocenters. The van der Waals surface area contributed by atoms with E-state index in [2.05, 4.69) is 10.3 Å². The van der Waals surface area contributed by atoms with Crippen LogP contribution in [0.4, 0.5) is 0 Å². The summed E-state index contributed by atoms with van der Waals surface area (Å²) in [5, 5.41) is 5.98. The fraction of sp³-hybridized carbons (Fsp3) is 0.333. The third-order valence-electron chi connectivity index (χ3n) is 2.85. The Morgan fingerprint density at radius 2 is 2.11 bits per heavy atom. The number of ketones is 1. The van der Waals surface area contributed by atoms with Gasteiger partial charge in [-0.15, -0.1) is 11.3 Å². The average molecular weight is 274 g/mol. The van der Waals surface area contributed by atoms with Gasteiger partial charge in [-0.1, -0.05) is 30.3 Å². The molecule has 2 rings (SSSR count). The summed E-state index contributed by atoms with van der Waals surface area (Å²) in [6, 6.07) is 10.1. The number of hydrogen-bond acceptors (Lipinski definition) is 4. The maximum absolute atomic E-state index is 11.8. The number of nitrogens with zero attached hydrogens (tertiary/aromatic N) is 1.